The van der Waals surface area contributed by atoms with Crippen LogP contribution in [-0.4, -0.2) is 11.5 Å². The number of hydrogen-bond donors (Lipinski definition) is 0. The van der Waals surface area contributed by atoms with Gasteiger partial charge in [0.05, 0.1) is 0 Å². The molecule has 53 valence electrons. The smallest absolute Gasteiger partial charge is 0.793 e. The number of rotatable bonds is 4. The zero-order chi connectivity index (χ0) is 5.54. The van der Waals surface area contributed by atoms with Crippen LogP contribution in [0.2, 0.25) is 0 Å². The van der Waals surface area contributed by atoms with Gasteiger partial charge in [0, 0.05) is 0 Å². The van der Waals surface area contributed by atoms with E-state index in [-0.39, 0.29) is 22.4 Å². The van der Waals surface area contributed by atoms with Crippen molar-refractivity contribution in [2.24, 2.45) is 0 Å². The third-order valence-electron chi connectivity index (χ3n) is 0.789. The van der Waals surface area contributed by atoms with E-state index in [9.17, 15) is 0 Å². The first-order valence-corrected chi connectivity index (χ1v) is 3.73. The molecule has 0 amide bonds. The molecule has 3 heteroatoms. The minimum Gasteiger partial charge on any atom is -0.793 e. The predicted octanol–water partition coefficient (Wildman–Crippen LogP) is 1.25. The molecule has 0 aliphatic carbocycles. The second-order valence-corrected chi connectivity index (χ2v) is 2.29. The Bertz CT molecular complexity index is 29.6. The Balaban J connectivity index is 0. The molecule has 0 aromatic carbocycles. The summed E-state index contributed by atoms with van der Waals surface area (Å²) in [5.74, 6) is 1.80. The van der Waals surface area contributed by atoms with E-state index >= 15 is 0 Å². The molecule has 0 rings (SSSR count). The van der Waals surface area contributed by atoms with Gasteiger partial charge in [0.15, 0.2) is 0 Å². The van der Waals surface area contributed by atoms with E-state index in [4.69, 9.17) is 25.3 Å². The van der Waals surface area contributed by atoms with Crippen LogP contribution in [0.5, 0.6) is 0 Å². The molecule has 0 bridgehead atoms. The summed E-state index contributed by atoms with van der Waals surface area (Å²) < 4.78 is 0. The van der Waals surface area contributed by atoms with Crippen molar-refractivity contribution in [3.8, 4) is 0 Å². The molecule has 0 fully saturated rings. The van der Waals surface area contributed by atoms with Gasteiger partial charge in [0.25, 0.3) is 0 Å². The van der Waals surface area contributed by atoms with Crippen LogP contribution in [0.1, 0.15) is 19.3 Å². The topological polar surface area (TPSA) is 0 Å². The van der Waals surface area contributed by atoms with Gasteiger partial charge in [-0.2, -0.15) is 11.5 Å². The van der Waals surface area contributed by atoms with E-state index < -0.39 is 0 Å². The van der Waals surface area contributed by atoms with Crippen molar-refractivity contribution in [3.05, 3.63) is 0 Å². The van der Waals surface area contributed by atoms with Gasteiger partial charge in [-0.3, -0.25) is 0 Å². The molecule has 1 radical (unpaired) electrons. The quantitative estimate of drug-likeness (QED) is 0.413. The van der Waals surface area contributed by atoms with Gasteiger partial charge in [-0.15, -0.1) is 0 Å². The van der Waals surface area contributed by atoms with Crippen LogP contribution < -0.4 is 0 Å². The van der Waals surface area contributed by atoms with E-state index in [1.54, 1.807) is 0 Å². The first kappa shape index (κ1) is 12.1. The zero-order valence-electron chi connectivity index (χ0n) is 4.65. The van der Waals surface area contributed by atoms with Gasteiger partial charge < -0.3 is 25.3 Å². The third-order valence-corrected chi connectivity index (χ3v) is 1.37. The first-order chi connectivity index (χ1) is 3.41. The summed E-state index contributed by atoms with van der Waals surface area (Å²) in [7, 11) is 0. The van der Waals surface area contributed by atoms with Crippen LogP contribution in [0.15, 0.2) is 0 Å². The first-order valence-electron chi connectivity index (χ1n) is 2.58. The summed E-state index contributed by atoms with van der Waals surface area (Å²) in [5, 5.41) is 0. The summed E-state index contributed by atoms with van der Waals surface area (Å²) in [6, 6.07) is 0. The molecule has 8 heavy (non-hydrogen) atoms. The van der Waals surface area contributed by atoms with E-state index in [0.717, 1.165) is 11.5 Å². The van der Waals surface area contributed by atoms with Gasteiger partial charge in [-0.25, -0.2) is 0 Å². The van der Waals surface area contributed by atoms with Gasteiger partial charge >= 0.3 is 22.4 Å². The van der Waals surface area contributed by atoms with E-state index in [0.29, 0.717) is 0 Å². The van der Waals surface area contributed by atoms with Gasteiger partial charge in [0.2, 0.25) is 0 Å². The van der Waals surface area contributed by atoms with Crippen molar-refractivity contribution in [1.29, 1.82) is 0 Å². The molecule has 0 aliphatic heterocycles. The maximum atomic E-state index is 4.73. The van der Waals surface area contributed by atoms with Crippen molar-refractivity contribution in [2.75, 3.05) is 11.5 Å². The van der Waals surface area contributed by atoms with E-state index in [1.807, 2.05) is 0 Å². The van der Waals surface area contributed by atoms with Gasteiger partial charge in [-0.05, 0) is 0 Å². The Kier molecular flexibility index (Phi) is 17.1. The SMILES string of the molecule is [Ag+2].[S-]CCCCC[S-]. The van der Waals surface area contributed by atoms with Crippen LogP contribution in [0.25, 0.3) is 0 Å². The van der Waals surface area contributed by atoms with Crippen LogP contribution in [-0.2, 0) is 47.6 Å². The second-order valence-electron chi connectivity index (χ2n) is 1.47. The molecule has 0 N–H and O–H groups in total. The normalized spacial score (nSPS) is 8.25. The standard InChI is InChI=1S/C5H12S2.Ag/c6-4-2-1-3-5-7;/h6-7H,1-5H2;/q;+2/p-2. The van der Waals surface area contributed by atoms with Crippen LogP contribution in [0.4, 0.5) is 0 Å². The Labute approximate surface area is 78.1 Å². The Morgan fingerprint density at radius 1 is 0.750 bits per heavy atom. The maximum absolute atomic E-state index is 4.73. The summed E-state index contributed by atoms with van der Waals surface area (Å²) in [5.41, 5.74) is 0. The predicted molar refractivity (Wildman–Crippen MR) is 38.3 cm³/mol. The second kappa shape index (κ2) is 11.3. The number of unbranched alkanes of at least 4 members (excludes halogenated alkanes) is 2. The van der Waals surface area contributed by atoms with E-state index in [1.165, 1.54) is 19.3 Å². The molecule has 0 aliphatic rings. The molecule has 0 nitrogen and oxygen atoms in total. The fourth-order valence-corrected chi connectivity index (χ4v) is 0.789. The largest absolute Gasteiger partial charge is 2.00 e. The van der Waals surface area contributed by atoms with Crippen molar-refractivity contribution in [3.63, 3.8) is 0 Å². The third kappa shape index (κ3) is 10.4. The molecular formula is C5H10AgS2. The van der Waals surface area contributed by atoms with Crippen molar-refractivity contribution in [1.82, 2.24) is 0 Å². The summed E-state index contributed by atoms with van der Waals surface area (Å²) in [4.78, 5) is 0. The average molecular weight is 242 g/mol. The molecule has 0 unspecified atom stereocenters. The Morgan fingerprint density at radius 2 is 1.12 bits per heavy atom. The van der Waals surface area contributed by atoms with Gasteiger partial charge in [0.1, 0.15) is 0 Å². The molecule has 0 aromatic rings. The fraction of sp³-hybridized carbons (Fsp3) is 1.00. The molecule has 0 aromatic heterocycles. The van der Waals surface area contributed by atoms with Gasteiger partial charge in [-0.1, -0.05) is 19.3 Å². The summed E-state index contributed by atoms with van der Waals surface area (Å²) in [6.07, 6.45) is 3.57. The minimum absolute atomic E-state index is 0. The molecular weight excluding hydrogens is 232 g/mol. The van der Waals surface area contributed by atoms with Crippen LogP contribution >= 0.6 is 0 Å². The Morgan fingerprint density at radius 3 is 1.38 bits per heavy atom. The van der Waals surface area contributed by atoms with Crippen molar-refractivity contribution in [2.45, 2.75) is 19.3 Å². The summed E-state index contributed by atoms with van der Waals surface area (Å²) in [6.45, 7) is 0. The number of hydrogen-bond acceptors (Lipinski definition) is 2. The molecule has 0 saturated carbocycles. The molecule has 0 spiro atoms. The van der Waals surface area contributed by atoms with Crippen LogP contribution in [0.3, 0.4) is 0 Å². The zero-order valence-corrected chi connectivity index (χ0v) is 7.77. The molecule has 0 saturated heterocycles. The molecule has 0 atom stereocenters. The van der Waals surface area contributed by atoms with Crippen LogP contribution in [0, 0.1) is 0 Å². The minimum atomic E-state index is 0. The summed E-state index contributed by atoms with van der Waals surface area (Å²) >= 11 is 9.46. The van der Waals surface area contributed by atoms with Crippen molar-refractivity contribution < 1.29 is 22.4 Å². The Hall–Kier alpha value is 1.44. The average Bonchev–Trinajstić information content (AvgIpc) is 1.69. The van der Waals surface area contributed by atoms with Crippen molar-refractivity contribution >= 4 is 25.3 Å². The fourth-order valence-electron chi connectivity index (χ4n) is 0.381. The monoisotopic (exact) mass is 241 g/mol. The molecule has 0 heterocycles. The van der Waals surface area contributed by atoms with E-state index in [2.05, 4.69) is 0 Å². The maximum Gasteiger partial charge on any atom is 2.00 e.